The van der Waals surface area contributed by atoms with E-state index in [-0.39, 0.29) is 4.91 Å². The number of aromatic nitrogens is 3. The largest absolute Gasteiger partial charge is 0.477 e. The fourth-order valence-corrected chi connectivity index (χ4v) is 3.52. The second kappa shape index (κ2) is 8.41. The first-order valence-corrected chi connectivity index (χ1v) is 9.56. The van der Waals surface area contributed by atoms with Crippen LogP contribution >= 0.6 is 23.4 Å². The van der Waals surface area contributed by atoms with E-state index in [0.717, 1.165) is 28.5 Å². The van der Waals surface area contributed by atoms with Gasteiger partial charge in [-0.15, -0.1) is 10.2 Å². The van der Waals surface area contributed by atoms with Crippen molar-refractivity contribution < 1.29 is 9.90 Å². The molecule has 0 amide bonds. The highest BCUT2D eigenvalue weighted by atomic mass is 35.5. The van der Waals surface area contributed by atoms with Crippen LogP contribution in [-0.2, 0) is 11.3 Å². The summed E-state index contributed by atoms with van der Waals surface area (Å²) in [5.74, 6) is -0.323. The van der Waals surface area contributed by atoms with Gasteiger partial charge in [0.05, 0.1) is 0 Å². The zero-order valence-electron chi connectivity index (χ0n) is 14.9. The Morgan fingerprint density at radius 1 is 1.15 bits per heavy atom. The van der Waals surface area contributed by atoms with Gasteiger partial charge in [0.25, 0.3) is 0 Å². The number of aryl methyl sites for hydroxylation is 1. The van der Waals surface area contributed by atoms with E-state index in [1.54, 1.807) is 18.2 Å². The average Bonchev–Trinajstić information content (AvgIpc) is 3.06. The molecule has 0 radical (unpaired) electrons. The van der Waals surface area contributed by atoms with Crippen LogP contribution in [0, 0.1) is 6.92 Å². The van der Waals surface area contributed by atoms with Gasteiger partial charge in [0.2, 0.25) is 0 Å². The zero-order valence-corrected chi connectivity index (χ0v) is 16.5. The maximum atomic E-state index is 11.7. The minimum absolute atomic E-state index is 0.184. The van der Waals surface area contributed by atoms with Gasteiger partial charge in [-0.3, -0.25) is 0 Å². The van der Waals surface area contributed by atoms with Crippen LogP contribution in [0.5, 0.6) is 0 Å². The van der Waals surface area contributed by atoms with Crippen molar-refractivity contribution in [2.45, 2.75) is 25.5 Å². The van der Waals surface area contributed by atoms with Gasteiger partial charge in [-0.25, -0.2) is 4.79 Å². The van der Waals surface area contributed by atoms with Crippen LogP contribution in [0.25, 0.3) is 17.5 Å². The summed E-state index contributed by atoms with van der Waals surface area (Å²) in [5, 5.41) is 19.2. The molecule has 2 aromatic carbocycles. The second-order valence-corrected chi connectivity index (χ2v) is 7.33. The quantitative estimate of drug-likeness (QED) is 0.459. The van der Waals surface area contributed by atoms with E-state index in [1.807, 2.05) is 54.8 Å². The molecule has 3 aromatic rings. The molecule has 27 heavy (non-hydrogen) atoms. The fourth-order valence-electron chi connectivity index (χ4n) is 2.51. The number of halogens is 1. The fraction of sp³-hybridized carbons (Fsp3) is 0.150. The van der Waals surface area contributed by atoms with Crippen LogP contribution in [0.2, 0.25) is 5.02 Å². The summed E-state index contributed by atoms with van der Waals surface area (Å²) in [5.41, 5.74) is 2.82. The molecule has 0 saturated heterocycles. The third kappa shape index (κ3) is 4.59. The first kappa shape index (κ1) is 19.2. The zero-order chi connectivity index (χ0) is 19.4. The van der Waals surface area contributed by atoms with Crippen LogP contribution < -0.4 is 0 Å². The van der Waals surface area contributed by atoms with Crippen molar-refractivity contribution in [2.24, 2.45) is 0 Å². The van der Waals surface area contributed by atoms with Gasteiger partial charge in [0, 0.05) is 17.1 Å². The van der Waals surface area contributed by atoms with E-state index < -0.39 is 5.97 Å². The lowest BCUT2D eigenvalue weighted by atomic mass is 10.1. The minimum atomic E-state index is -1.00. The lowest BCUT2D eigenvalue weighted by Gasteiger charge is -2.08. The molecule has 138 valence electrons. The molecule has 5 nitrogen and oxygen atoms in total. The number of carboxylic acids is 1. The third-order valence-electron chi connectivity index (χ3n) is 3.92. The highest BCUT2D eigenvalue weighted by Gasteiger charge is 2.18. The van der Waals surface area contributed by atoms with Gasteiger partial charge in [-0.1, -0.05) is 41.4 Å². The maximum absolute atomic E-state index is 11.7. The molecular formula is C20H18ClN3O2S. The Bertz CT molecular complexity index is 979. The van der Waals surface area contributed by atoms with Crippen molar-refractivity contribution in [2.75, 3.05) is 0 Å². The molecule has 1 aromatic heterocycles. The van der Waals surface area contributed by atoms with Crippen LogP contribution in [0.4, 0.5) is 0 Å². The standard InChI is InChI=1S/C20H18ClN3O2S/c1-3-24-18(15-8-10-16(21)11-9-15)22-23-20(24)27-17(19(25)26)12-14-6-4-13(2)5-7-14/h4-12H,3H2,1-2H3,(H,25,26)/b17-12+. The lowest BCUT2D eigenvalue weighted by molar-refractivity contribution is -0.131. The van der Waals surface area contributed by atoms with Gasteiger partial charge in [0.15, 0.2) is 11.0 Å². The van der Waals surface area contributed by atoms with Gasteiger partial charge in [-0.05, 0) is 61.5 Å². The molecule has 0 spiro atoms. The van der Waals surface area contributed by atoms with Crippen LogP contribution in [0.3, 0.4) is 0 Å². The predicted molar refractivity (Wildman–Crippen MR) is 109 cm³/mol. The van der Waals surface area contributed by atoms with Gasteiger partial charge in [0.1, 0.15) is 4.91 Å². The summed E-state index contributed by atoms with van der Waals surface area (Å²) in [7, 11) is 0. The summed E-state index contributed by atoms with van der Waals surface area (Å²) in [4.78, 5) is 11.9. The van der Waals surface area contributed by atoms with Gasteiger partial charge in [-0.2, -0.15) is 0 Å². The Hall–Kier alpha value is -2.57. The Labute approximate surface area is 166 Å². The number of aliphatic carboxylic acids is 1. The molecule has 1 heterocycles. The molecular weight excluding hydrogens is 382 g/mol. The van der Waals surface area contributed by atoms with Crippen LogP contribution in [0.1, 0.15) is 18.1 Å². The molecule has 0 bridgehead atoms. The molecule has 0 fully saturated rings. The van der Waals surface area contributed by atoms with Gasteiger partial charge < -0.3 is 9.67 Å². The van der Waals surface area contributed by atoms with E-state index in [4.69, 9.17) is 11.6 Å². The number of hydrogen-bond donors (Lipinski definition) is 1. The number of rotatable bonds is 6. The lowest BCUT2D eigenvalue weighted by Crippen LogP contribution is -2.02. The Balaban J connectivity index is 1.94. The molecule has 0 aliphatic carbocycles. The summed E-state index contributed by atoms with van der Waals surface area (Å²) >= 11 is 7.04. The van der Waals surface area contributed by atoms with E-state index in [1.165, 1.54) is 0 Å². The SMILES string of the molecule is CCn1c(S/C(=C/c2ccc(C)cc2)C(=O)O)nnc1-c1ccc(Cl)cc1. The van der Waals surface area contributed by atoms with E-state index in [0.29, 0.717) is 22.5 Å². The number of nitrogens with zero attached hydrogens (tertiary/aromatic N) is 3. The highest BCUT2D eigenvalue weighted by molar-refractivity contribution is 8.04. The molecule has 7 heteroatoms. The van der Waals surface area contributed by atoms with Gasteiger partial charge >= 0.3 is 5.97 Å². The second-order valence-electron chi connectivity index (χ2n) is 5.88. The molecule has 0 atom stereocenters. The van der Waals surface area contributed by atoms with Crippen LogP contribution in [0.15, 0.2) is 58.6 Å². The summed E-state index contributed by atoms with van der Waals surface area (Å²) < 4.78 is 1.89. The number of hydrogen-bond acceptors (Lipinski definition) is 4. The molecule has 1 N–H and O–H groups in total. The number of thioether (sulfide) groups is 1. The monoisotopic (exact) mass is 399 g/mol. The van der Waals surface area contributed by atoms with Crippen molar-refractivity contribution in [1.82, 2.24) is 14.8 Å². The smallest absolute Gasteiger partial charge is 0.342 e. The topological polar surface area (TPSA) is 68.0 Å². The van der Waals surface area contributed by atoms with Crippen molar-refractivity contribution in [3.8, 4) is 11.4 Å². The molecule has 0 saturated carbocycles. The molecule has 0 unspecified atom stereocenters. The highest BCUT2D eigenvalue weighted by Crippen LogP contribution is 2.30. The Morgan fingerprint density at radius 3 is 2.41 bits per heavy atom. The summed E-state index contributed by atoms with van der Waals surface area (Å²) in [6, 6.07) is 15.0. The average molecular weight is 400 g/mol. The first-order chi connectivity index (χ1) is 13.0. The van der Waals surface area contributed by atoms with E-state index in [2.05, 4.69) is 10.2 Å². The molecule has 3 rings (SSSR count). The van der Waals surface area contributed by atoms with Crippen molar-refractivity contribution >= 4 is 35.4 Å². The minimum Gasteiger partial charge on any atom is -0.477 e. The molecule has 0 aliphatic rings. The Kier molecular flexibility index (Phi) is 5.98. The summed E-state index contributed by atoms with van der Waals surface area (Å²) in [6.07, 6.45) is 1.64. The number of carbonyl (C=O) groups is 1. The van der Waals surface area contributed by atoms with E-state index >= 15 is 0 Å². The maximum Gasteiger partial charge on any atom is 0.342 e. The van der Waals surface area contributed by atoms with Crippen molar-refractivity contribution in [1.29, 1.82) is 0 Å². The third-order valence-corrected chi connectivity index (χ3v) is 5.17. The number of benzene rings is 2. The normalized spacial score (nSPS) is 11.6. The van der Waals surface area contributed by atoms with Crippen molar-refractivity contribution in [3.63, 3.8) is 0 Å². The Morgan fingerprint density at radius 2 is 1.81 bits per heavy atom. The molecule has 0 aliphatic heterocycles. The number of carboxylic acid groups (broad SMARTS) is 1. The van der Waals surface area contributed by atoms with Crippen molar-refractivity contribution in [3.05, 3.63) is 69.6 Å². The summed E-state index contributed by atoms with van der Waals surface area (Å²) in [6.45, 7) is 4.57. The predicted octanol–water partition coefficient (Wildman–Crippen LogP) is 5.14. The first-order valence-electron chi connectivity index (χ1n) is 8.36. The van der Waals surface area contributed by atoms with Crippen LogP contribution in [-0.4, -0.2) is 25.8 Å². The van der Waals surface area contributed by atoms with E-state index in [9.17, 15) is 9.90 Å².